The van der Waals surface area contributed by atoms with E-state index < -0.39 is 0 Å². The van der Waals surface area contributed by atoms with Crippen molar-refractivity contribution in [2.75, 3.05) is 6.54 Å². The monoisotopic (exact) mass is 291 g/mol. The lowest BCUT2D eigenvalue weighted by Crippen LogP contribution is -3.00. The van der Waals surface area contributed by atoms with Crippen LogP contribution in [0.3, 0.4) is 0 Å². The fraction of sp³-hybridized carbons (Fsp3) is 1.00. The molecule has 3 N–H and O–H groups in total. The molecule has 0 bridgehead atoms. The molecule has 0 rings (SSSR count). The molecule has 118 valence electrons. The van der Waals surface area contributed by atoms with E-state index in [0.29, 0.717) is 5.41 Å². The third kappa shape index (κ3) is 20.7. The maximum atomic E-state index is 3.88. The van der Waals surface area contributed by atoms with Crippen LogP contribution < -0.4 is 18.1 Å². The van der Waals surface area contributed by atoms with Gasteiger partial charge in [0.15, 0.2) is 0 Å². The minimum atomic E-state index is 0. The summed E-state index contributed by atoms with van der Waals surface area (Å²) in [7, 11) is 0. The van der Waals surface area contributed by atoms with Gasteiger partial charge in [0.2, 0.25) is 0 Å². The highest BCUT2D eigenvalue weighted by Crippen LogP contribution is 2.22. The number of hydrogen-bond acceptors (Lipinski definition) is 0. The molecule has 0 aromatic carbocycles. The second-order valence-corrected chi connectivity index (χ2v) is 7.05. The molecule has 0 atom stereocenters. The van der Waals surface area contributed by atoms with Gasteiger partial charge in [0.05, 0.1) is 6.54 Å². The topological polar surface area (TPSA) is 27.6 Å². The van der Waals surface area contributed by atoms with Crippen LogP contribution in [0.25, 0.3) is 0 Å². The van der Waals surface area contributed by atoms with Gasteiger partial charge in [0.1, 0.15) is 0 Å². The number of rotatable bonds is 12. The van der Waals surface area contributed by atoms with Crippen molar-refractivity contribution in [1.29, 1.82) is 0 Å². The maximum Gasteiger partial charge on any atom is 0.0739 e. The molecule has 2 heteroatoms. The Morgan fingerprint density at radius 3 is 1.21 bits per heavy atom. The zero-order valence-corrected chi connectivity index (χ0v) is 14.5. The van der Waals surface area contributed by atoms with Gasteiger partial charge in [-0.15, -0.1) is 0 Å². The van der Waals surface area contributed by atoms with Gasteiger partial charge in [-0.2, -0.15) is 0 Å². The molecule has 0 aliphatic carbocycles. The molecule has 0 amide bonds. The average Bonchev–Trinajstić information content (AvgIpc) is 2.29. The van der Waals surface area contributed by atoms with Gasteiger partial charge in [0.25, 0.3) is 0 Å². The van der Waals surface area contributed by atoms with Crippen molar-refractivity contribution >= 4 is 0 Å². The molecule has 0 saturated carbocycles. The highest BCUT2D eigenvalue weighted by Gasteiger charge is 2.08. The predicted octanol–water partition coefficient (Wildman–Crippen LogP) is 1.96. The highest BCUT2D eigenvalue weighted by atomic mass is 35.5. The summed E-state index contributed by atoms with van der Waals surface area (Å²) < 4.78 is 0. The summed E-state index contributed by atoms with van der Waals surface area (Å²) in [6.07, 6.45) is 17.2. The van der Waals surface area contributed by atoms with Crippen molar-refractivity contribution in [3.05, 3.63) is 0 Å². The number of unbranched alkanes of at least 4 members (excludes halogenated alkanes) is 10. The summed E-state index contributed by atoms with van der Waals surface area (Å²) in [5.74, 6) is 0. The van der Waals surface area contributed by atoms with Crippen molar-refractivity contribution in [3.8, 4) is 0 Å². The van der Waals surface area contributed by atoms with Crippen LogP contribution >= 0.6 is 0 Å². The summed E-state index contributed by atoms with van der Waals surface area (Å²) >= 11 is 0. The largest absolute Gasteiger partial charge is 1.00 e. The molecule has 0 aliphatic rings. The Morgan fingerprint density at radius 2 is 0.895 bits per heavy atom. The number of quaternary nitrogens is 1. The van der Waals surface area contributed by atoms with Crippen LogP contribution in [0, 0.1) is 5.41 Å². The average molecular weight is 292 g/mol. The van der Waals surface area contributed by atoms with E-state index in [-0.39, 0.29) is 12.4 Å². The summed E-state index contributed by atoms with van der Waals surface area (Å²) in [6, 6.07) is 0. The number of halogens is 1. The van der Waals surface area contributed by atoms with Gasteiger partial charge < -0.3 is 18.1 Å². The van der Waals surface area contributed by atoms with Gasteiger partial charge in [-0.1, -0.05) is 78.6 Å². The van der Waals surface area contributed by atoms with Gasteiger partial charge in [-0.05, 0) is 24.7 Å². The first kappa shape index (κ1) is 21.5. The molecule has 19 heavy (non-hydrogen) atoms. The summed E-state index contributed by atoms with van der Waals surface area (Å²) in [5.41, 5.74) is 4.42. The standard InChI is InChI=1S/C17H37N.ClH/c1-17(2,3)15-13-11-9-7-5-4-6-8-10-12-14-16-18;/h4-16,18H2,1-3H3;1H. The lowest BCUT2D eigenvalue weighted by atomic mass is 9.89. The predicted molar refractivity (Wildman–Crippen MR) is 82.6 cm³/mol. The quantitative estimate of drug-likeness (QED) is 0.533. The molecule has 0 fully saturated rings. The first-order chi connectivity index (χ1) is 8.56. The van der Waals surface area contributed by atoms with Crippen molar-refractivity contribution in [1.82, 2.24) is 0 Å². The van der Waals surface area contributed by atoms with E-state index in [4.69, 9.17) is 0 Å². The van der Waals surface area contributed by atoms with Gasteiger partial charge in [-0.3, -0.25) is 0 Å². The van der Waals surface area contributed by atoms with Crippen molar-refractivity contribution in [3.63, 3.8) is 0 Å². The fourth-order valence-electron chi connectivity index (χ4n) is 2.42. The van der Waals surface area contributed by atoms with Crippen LogP contribution in [0.5, 0.6) is 0 Å². The first-order valence-electron chi connectivity index (χ1n) is 8.35. The maximum absolute atomic E-state index is 3.88. The van der Waals surface area contributed by atoms with E-state index in [1.165, 1.54) is 77.0 Å². The molecule has 0 spiro atoms. The van der Waals surface area contributed by atoms with Crippen LogP contribution in [-0.4, -0.2) is 6.54 Å². The van der Waals surface area contributed by atoms with Gasteiger partial charge in [0, 0.05) is 0 Å². The molecule has 1 nitrogen and oxygen atoms in total. The molecule has 0 unspecified atom stereocenters. The van der Waals surface area contributed by atoms with Crippen molar-refractivity contribution < 1.29 is 18.1 Å². The SMILES string of the molecule is CC(C)(C)CCCCCCCCCCCCC[NH3+].[Cl-]. The van der Waals surface area contributed by atoms with Crippen molar-refractivity contribution in [2.45, 2.75) is 97.8 Å². The van der Waals surface area contributed by atoms with E-state index in [0.717, 1.165) is 6.54 Å². The second-order valence-electron chi connectivity index (χ2n) is 7.05. The number of hydrogen-bond donors (Lipinski definition) is 1. The lowest BCUT2D eigenvalue weighted by Gasteiger charge is -2.17. The third-order valence-corrected chi connectivity index (χ3v) is 3.68. The summed E-state index contributed by atoms with van der Waals surface area (Å²) in [5, 5.41) is 0. The molecule has 0 heterocycles. The Bertz CT molecular complexity index is 163. The van der Waals surface area contributed by atoms with Crippen LogP contribution in [0.4, 0.5) is 0 Å². The summed E-state index contributed by atoms with van der Waals surface area (Å²) in [6.45, 7) is 8.17. The van der Waals surface area contributed by atoms with Gasteiger partial charge in [-0.25, -0.2) is 0 Å². The lowest BCUT2D eigenvalue weighted by molar-refractivity contribution is -0.368. The van der Waals surface area contributed by atoms with Crippen LogP contribution in [0.15, 0.2) is 0 Å². The van der Waals surface area contributed by atoms with Crippen molar-refractivity contribution in [2.24, 2.45) is 5.41 Å². The Morgan fingerprint density at radius 1 is 0.579 bits per heavy atom. The van der Waals surface area contributed by atoms with E-state index >= 15 is 0 Å². The van der Waals surface area contributed by atoms with Crippen LogP contribution in [-0.2, 0) is 0 Å². The smallest absolute Gasteiger partial charge is 0.0739 e. The van der Waals surface area contributed by atoms with Crippen LogP contribution in [0.1, 0.15) is 97.8 Å². The second kappa shape index (κ2) is 14.7. The molecule has 0 saturated heterocycles. The van der Waals surface area contributed by atoms with E-state index in [1.807, 2.05) is 0 Å². The Labute approximate surface area is 128 Å². The van der Waals surface area contributed by atoms with Gasteiger partial charge >= 0.3 is 0 Å². The Balaban J connectivity index is 0. The molecule has 0 radical (unpaired) electrons. The highest BCUT2D eigenvalue weighted by molar-refractivity contribution is 4.61. The Hall–Kier alpha value is 0.250. The third-order valence-electron chi connectivity index (χ3n) is 3.68. The summed E-state index contributed by atoms with van der Waals surface area (Å²) in [4.78, 5) is 0. The molecule has 0 aliphatic heterocycles. The fourth-order valence-corrected chi connectivity index (χ4v) is 2.42. The molecular weight excluding hydrogens is 254 g/mol. The molecule has 0 aromatic heterocycles. The molecule has 0 aromatic rings. The van der Waals surface area contributed by atoms with Crippen LogP contribution in [0.2, 0.25) is 0 Å². The van der Waals surface area contributed by atoms with E-state index in [1.54, 1.807) is 0 Å². The Kier molecular flexibility index (Phi) is 16.6. The van der Waals surface area contributed by atoms with E-state index in [9.17, 15) is 0 Å². The molecular formula is C17H38ClN. The minimum absolute atomic E-state index is 0. The normalized spacial score (nSPS) is 11.4. The first-order valence-corrected chi connectivity index (χ1v) is 8.35. The van der Waals surface area contributed by atoms with E-state index in [2.05, 4.69) is 26.5 Å². The zero-order chi connectivity index (χ0) is 13.7. The zero-order valence-electron chi connectivity index (χ0n) is 13.8. The minimum Gasteiger partial charge on any atom is -1.00 e.